The summed E-state index contributed by atoms with van der Waals surface area (Å²) in [5.41, 5.74) is 0.207. The Hall–Kier alpha value is -0.170. The van der Waals surface area contributed by atoms with E-state index in [-0.39, 0.29) is 5.41 Å². The molecule has 15 heavy (non-hydrogen) atoms. The van der Waals surface area contributed by atoms with Crippen LogP contribution in [0.5, 0.6) is 0 Å². The molecule has 0 aromatic heterocycles. The molecule has 1 spiro atoms. The zero-order chi connectivity index (χ0) is 11.1. The van der Waals surface area contributed by atoms with Gasteiger partial charge in [0.15, 0.2) is 0 Å². The van der Waals surface area contributed by atoms with Gasteiger partial charge < -0.3 is 0 Å². The average molecular weight is 233 g/mol. The van der Waals surface area contributed by atoms with E-state index in [1.165, 1.54) is 6.26 Å². The van der Waals surface area contributed by atoms with Gasteiger partial charge in [-0.25, -0.2) is 17.7 Å². The second-order valence-corrected chi connectivity index (χ2v) is 6.86. The van der Waals surface area contributed by atoms with E-state index in [4.69, 9.17) is 5.84 Å². The lowest BCUT2D eigenvalue weighted by atomic mass is 9.78. The summed E-state index contributed by atoms with van der Waals surface area (Å²) < 4.78 is 24.4. The first-order valence-electron chi connectivity index (χ1n) is 5.36. The van der Waals surface area contributed by atoms with Crippen molar-refractivity contribution in [2.75, 3.05) is 32.4 Å². The normalized spacial score (nSPS) is 28.7. The van der Waals surface area contributed by atoms with E-state index in [1.54, 1.807) is 4.31 Å². The fourth-order valence-electron chi connectivity index (χ4n) is 2.58. The highest BCUT2D eigenvalue weighted by Crippen LogP contribution is 2.40. The highest BCUT2D eigenvalue weighted by molar-refractivity contribution is 7.88. The standard InChI is InChI=1S/C9H19N3O2S/c1-15(13,14)12-7-4-9(8-12)2-5-11(10)6-3-9/h2-8,10H2,1H3. The number of sulfonamides is 1. The van der Waals surface area contributed by atoms with Gasteiger partial charge in [-0.2, -0.15) is 0 Å². The predicted octanol–water partition coefficient (Wildman–Crippen LogP) is -0.392. The second kappa shape index (κ2) is 3.69. The molecule has 2 aliphatic heterocycles. The van der Waals surface area contributed by atoms with Crippen LogP contribution in [0.15, 0.2) is 0 Å². The maximum atomic E-state index is 11.4. The van der Waals surface area contributed by atoms with Gasteiger partial charge in [-0.05, 0) is 24.7 Å². The smallest absolute Gasteiger partial charge is 0.211 e. The summed E-state index contributed by atoms with van der Waals surface area (Å²) in [7, 11) is -3.00. The Labute approximate surface area is 91.2 Å². The molecule has 0 unspecified atom stereocenters. The first-order chi connectivity index (χ1) is 6.91. The SMILES string of the molecule is CS(=O)(=O)N1CCC2(CCN(N)CC2)C1. The van der Waals surface area contributed by atoms with Gasteiger partial charge in [0.05, 0.1) is 6.26 Å². The van der Waals surface area contributed by atoms with Crippen molar-refractivity contribution in [2.24, 2.45) is 11.3 Å². The van der Waals surface area contributed by atoms with Gasteiger partial charge in [-0.1, -0.05) is 0 Å². The Bertz CT molecular complexity index is 333. The molecule has 6 heteroatoms. The van der Waals surface area contributed by atoms with Crippen molar-refractivity contribution >= 4 is 10.0 Å². The Morgan fingerprint density at radius 1 is 1.13 bits per heavy atom. The van der Waals surface area contributed by atoms with Crippen LogP contribution >= 0.6 is 0 Å². The zero-order valence-electron chi connectivity index (χ0n) is 9.15. The summed E-state index contributed by atoms with van der Waals surface area (Å²) in [4.78, 5) is 0. The van der Waals surface area contributed by atoms with Crippen molar-refractivity contribution in [3.63, 3.8) is 0 Å². The fourth-order valence-corrected chi connectivity index (χ4v) is 3.51. The minimum Gasteiger partial charge on any atom is -0.269 e. The number of nitrogens with two attached hydrogens (primary N) is 1. The maximum absolute atomic E-state index is 11.4. The van der Waals surface area contributed by atoms with E-state index < -0.39 is 10.0 Å². The van der Waals surface area contributed by atoms with Crippen molar-refractivity contribution in [3.8, 4) is 0 Å². The number of piperidine rings is 1. The van der Waals surface area contributed by atoms with Crippen LogP contribution in [0.25, 0.3) is 0 Å². The first kappa shape index (κ1) is 11.3. The number of hydrogen-bond acceptors (Lipinski definition) is 4. The topological polar surface area (TPSA) is 66.6 Å². The van der Waals surface area contributed by atoms with Gasteiger partial charge in [0.1, 0.15) is 0 Å². The number of nitrogens with zero attached hydrogens (tertiary/aromatic N) is 2. The lowest BCUT2D eigenvalue weighted by Crippen LogP contribution is -2.45. The third kappa shape index (κ3) is 2.33. The number of hydrazine groups is 1. The predicted molar refractivity (Wildman–Crippen MR) is 58.5 cm³/mol. The van der Waals surface area contributed by atoms with Crippen LogP contribution in [0.2, 0.25) is 0 Å². The van der Waals surface area contributed by atoms with Crippen LogP contribution in [0.1, 0.15) is 19.3 Å². The lowest BCUT2D eigenvalue weighted by molar-refractivity contribution is 0.115. The quantitative estimate of drug-likeness (QED) is 0.626. The molecular formula is C9H19N3O2S. The molecule has 0 atom stereocenters. The summed E-state index contributed by atoms with van der Waals surface area (Å²) in [5, 5.41) is 1.83. The van der Waals surface area contributed by atoms with Gasteiger partial charge in [0.25, 0.3) is 0 Å². The van der Waals surface area contributed by atoms with E-state index in [9.17, 15) is 8.42 Å². The molecule has 0 radical (unpaired) electrons. The summed E-state index contributed by atoms with van der Waals surface area (Å²) >= 11 is 0. The van der Waals surface area contributed by atoms with Crippen LogP contribution < -0.4 is 5.84 Å². The van der Waals surface area contributed by atoms with Gasteiger partial charge in [-0.3, -0.25) is 5.84 Å². The zero-order valence-corrected chi connectivity index (χ0v) is 9.96. The molecule has 5 nitrogen and oxygen atoms in total. The van der Waals surface area contributed by atoms with Crippen LogP contribution in [-0.2, 0) is 10.0 Å². The van der Waals surface area contributed by atoms with Crippen molar-refractivity contribution < 1.29 is 8.42 Å². The van der Waals surface area contributed by atoms with Crippen molar-refractivity contribution in [1.29, 1.82) is 0 Å². The summed E-state index contributed by atoms with van der Waals surface area (Å²) in [5.74, 6) is 5.71. The Kier molecular flexibility index (Phi) is 2.79. The molecule has 2 heterocycles. The van der Waals surface area contributed by atoms with Gasteiger partial charge in [0, 0.05) is 26.2 Å². The van der Waals surface area contributed by atoms with Crippen molar-refractivity contribution in [1.82, 2.24) is 9.31 Å². The molecule has 2 N–H and O–H groups in total. The lowest BCUT2D eigenvalue weighted by Gasteiger charge is -2.37. The Balaban J connectivity index is 2.03. The minimum atomic E-state index is -3.00. The van der Waals surface area contributed by atoms with Crippen molar-refractivity contribution in [2.45, 2.75) is 19.3 Å². The monoisotopic (exact) mass is 233 g/mol. The minimum absolute atomic E-state index is 0.207. The van der Waals surface area contributed by atoms with Crippen LogP contribution in [0.3, 0.4) is 0 Å². The number of hydrogen-bond donors (Lipinski definition) is 1. The highest BCUT2D eigenvalue weighted by Gasteiger charge is 2.42. The van der Waals surface area contributed by atoms with Crippen molar-refractivity contribution in [3.05, 3.63) is 0 Å². The van der Waals surface area contributed by atoms with E-state index in [0.29, 0.717) is 13.1 Å². The summed E-state index contributed by atoms with van der Waals surface area (Å²) in [6, 6.07) is 0. The van der Waals surface area contributed by atoms with Crippen LogP contribution in [-0.4, -0.2) is 50.2 Å². The van der Waals surface area contributed by atoms with E-state index in [0.717, 1.165) is 32.4 Å². The third-order valence-corrected chi connectivity index (χ3v) is 4.98. The fraction of sp³-hybridized carbons (Fsp3) is 1.00. The molecule has 2 fully saturated rings. The molecule has 0 aromatic carbocycles. The van der Waals surface area contributed by atoms with E-state index >= 15 is 0 Å². The number of rotatable bonds is 1. The van der Waals surface area contributed by atoms with E-state index in [1.807, 2.05) is 5.01 Å². The largest absolute Gasteiger partial charge is 0.269 e. The third-order valence-electron chi connectivity index (χ3n) is 3.73. The average Bonchev–Trinajstić information content (AvgIpc) is 2.55. The molecule has 0 bridgehead atoms. The Morgan fingerprint density at radius 2 is 1.67 bits per heavy atom. The summed E-state index contributed by atoms with van der Waals surface area (Å²) in [6.07, 6.45) is 4.34. The van der Waals surface area contributed by atoms with Crippen LogP contribution in [0.4, 0.5) is 0 Å². The Morgan fingerprint density at radius 3 is 2.13 bits per heavy atom. The first-order valence-corrected chi connectivity index (χ1v) is 7.21. The molecule has 2 saturated heterocycles. The molecular weight excluding hydrogens is 214 g/mol. The summed E-state index contributed by atoms with van der Waals surface area (Å²) in [6.45, 7) is 3.15. The molecule has 0 amide bonds. The molecule has 2 rings (SSSR count). The van der Waals surface area contributed by atoms with E-state index in [2.05, 4.69) is 0 Å². The molecule has 88 valence electrons. The molecule has 0 saturated carbocycles. The van der Waals surface area contributed by atoms with Crippen LogP contribution in [0, 0.1) is 5.41 Å². The molecule has 0 aromatic rings. The highest BCUT2D eigenvalue weighted by atomic mass is 32.2. The maximum Gasteiger partial charge on any atom is 0.211 e. The van der Waals surface area contributed by atoms with Gasteiger partial charge >= 0.3 is 0 Å². The second-order valence-electron chi connectivity index (χ2n) is 4.88. The molecule has 0 aliphatic carbocycles. The van der Waals surface area contributed by atoms with Gasteiger partial charge in [0.2, 0.25) is 10.0 Å². The van der Waals surface area contributed by atoms with Gasteiger partial charge in [-0.15, -0.1) is 0 Å². The molecule has 2 aliphatic rings.